The highest BCUT2D eigenvalue weighted by atomic mass is 16.2. The van der Waals surface area contributed by atoms with Crippen LogP contribution >= 0.6 is 0 Å². The number of carbonyl (C=O) groups excluding carboxylic acids is 1. The molecule has 148 valence electrons. The number of nitrogens with two attached hydrogens (primary N) is 1. The number of hydrogen-bond donors (Lipinski definition) is 2. The first-order chi connectivity index (χ1) is 13.6. The summed E-state index contributed by atoms with van der Waals surface area (Å²) in [7, 11) is 0. The van der Waals surface area contributed by atoms with E-state index >= 15 is 0 Å². The first-order valence-corrected chi connectivity index (χ1v) is 9.69. The normalized spacial score (nSPS) is 15.1. The van der Waals surface area contributed by atoms with E-state index in [0.29, 0.717) is 25.3 Å². The van der Waals surface area contributed by atoms with E-state index in [-0.39, 0.29) is 17.5 Å². The first kappa shape index (κ1) is 19.8. The fourth-order valence-corrected chi connectivity index (χ4v) is 3.69. The van der Waals surface area contributed by atoms with Crippen molar-refractivity contribution < 1.29 is 4.79 Å². The zero-order valence-corrected chi connectivity index (χ0v) is 16.2. The van der Waals surface area contributed by atoms with Crippen LogP contribution in [0.4, 0.5) is 5.69 Å². The van der Waals surface area contributed by atoms with E-state index in [1.54, 1.807) is 30.7 Å². The maximum Gasteiger partial charge on any atom is 0.271 e. The number of rotatable bonds is 6. The lowest BCUT2D eigenvalue weighted by Gasteiger charge is -2.38. The molecule has 0 aromatic carbocycles. The summed E-state index contributed by atoms with van der Waals surface area (Å²) in [5, 5.41) is 0. The van der Waals surface area contributed by atoms with Gasteiger partial charge < -0.3 is 20.5 Å². The Balaban J connectivity index is 1.76. The molecule has 28 heavy (non-hydrogen) atoms. The van der Waals surface area contributed by atoms with E-state index in [9.17, 15) is 9.59 Å². The van der Waals surface area contributed by atoms with E-state index in [4.69, 9.17) is 5.73 Å². The molecule has 1 fully saturated rings. The van der Waals surface area contributed by atoms with Crippen molar-refractivity contribution in [1.29, 1.82) is 0 Å². The highest BCUT2D eigenvalue weighted by Crippen LogP contribution is 2.25. The van der Waals surface area contributed by atoms with Gasteiger partial charge in [0.05, 0.1) is 0 Å². The number of pyridine rings is 2. The number of piperidine rings is 1. The molecule has 3 N–H and O–H groups in total. The highest BCUT2D eigenvalue weighted by molar-refractivity contribution is 5.87. The van der Waals surface area contributed by atoms with E-state index in [1.165, 1.54) is 0 Å². The quantitative estimate of drug-likeness (QED) is 0.744. The van der Waals surface area contributed by atoms with Gasteiger partial charge in [-0.05, 0) is 43.5 Å². The van der Waals surface area contributed by atoms with Crippen LogP contribution < -0.4 is 16.2 Å². The van der Waals surface area contributed by atoms with Crippen LogP contribution in [0.2, 0.25) is 0 Å². The van der Waals surface area contributed by atoms with Crippen LogP contribution in [-0.4, -0.2) is 53.0 Å². The lowest BCUT2D eigenvalue weighted by Crippen LogP contribution is -2.47. The second-order valence-corrected chi connectivity index (χ2v) is 6.82. The second-order valence-electron chi connectivity index (χ2n) is 6.82. The SMILES string of the molecule is CCN(c1cc(-c2ccncc2)c[nH]c1=O)C1CCN(C(=O)/C=C/CN)CC1. The highest BCUT2D eigenvalue weighted by Gasteiger charge is 2.27. The molecule has 1 aliphatic heterocycles. The lowest BCUT2D eigenvalue weighted by molar-refractivity contribution is -0.127. The van der Waals surface area contributed by atoms with Gasteiger partial charge in [0.1, 0.15) is 5.69 Å². The summed E-state index contributed by atoms with van der Waals surface area (Å²) in [5.74, 6) is 0.00415. The van der Waals surface area contributed by atoms with Crippen molar-refractivity contribution in [3.63, 3.8) is 0 Å². The number of aromatic amines is 1. The van der Waals surface area contributed by atoms with Gasteiger partial charge in [-0.3, -0.25) is 14.6 Å². The molecule has 0 radical (unpaired) electrons. The molecule has 0 unspecified atom stereocenters. The Morgan fingerprint density at radius 1 is 1.32 bits per heavy atom. The van der Waals surface area contributed by atoms with E-state index in [0.717, 1.165) is 30.5 Å². The zero-order chi connectivity index (χ0) is 19.9. The van der Waals surface area contributed by atoms with Gasteiger partial charge in [-0.15, -0.1) is 0 Å². The van der Waals surface area contributed by atoms with Crippen molar-refractivity contribution in [3.8, 4) is 11.1 Å². The molecule has 7 heteroatoms. The fraction of sp³-hybridized carbons (Fsp3) is 0.381. The predicted molar refractivity (Wildman–Crippen MR) is 111 cm³/mol. The van der Waals surface area contributed by atoms with Crippen molar-refractivity contribution in [2.24, 2.45) is 5.73 Å². The summed E-state index contributed by atoms with van der Waals surface area (Å²) in [6.45, 7) is 4.50. The standard InChI is InChI=1S/C21H27N5O2/c1-2-26(18-7-12-25(13-8-18)20(27)4-3-9-22)19-14-17(15-24-21(19)28)16-5-10-23-11-6-16/h3-6,10-11,14-15,18H,2,7-9,12-13,22H2,1H3,(H,24,28)/b4-3+. The Bertz CT molecular complexity index is 870. The monoisotopic (exact) mass is 381 g/mol. The smallest absolute Gasteiger partial charge is 0.271 e. The number of nitrogens with zero attached hydrogens (tertiary/aromatic N) is 3. The van der Waals surface area contributed by atoms with Crippen molar-refractivity contribution in [1.82, 2.24) is 14.9 Å². The van der Waals surface area contributed by atoms with E-state index in [2.05, 4.69) is 21.8 Å². The van der Waals surface area contributed by atoms with Crippen molar-refractivity contribution in [2.75, 3.05) is 31.1 Å². The van der Waals surface area contributed by atoms with E-state index in [1.807, 2.05) is 23.1 Å². The Kier molecular flexibility index (Phi) is 6.60. The minimum Gasteiger partial charge on any atom is -0.364 e. The maximum atomic E-state index is 12.5. The van der Waals surface area contributed by atoms with Gasteiger partial charge in [-0.2, -0.15) is 0 Å². The minimum atomic E-state index is -0.0935. The number of H-pyrrole nitrogens is 1. The molecule has 0 bridgehead atoms. The van der Waals surface area contributed by atoms with Crippen LogP contribution in [0.1, 0.15) is 19.8 Å². The molecule has 2 aromatic rings. The van der Waals surface area contributed by atoms with Crippen LogP contribution in [0.3, 0.4) is 0 Å². The third-order valence-corrected chi connectivity index (χ3v) is 5.16. The van der Waals surface area contributed by atoms with E-state index < -0.39 is 0 Å². The predicted octanol–water partition coefficient (Wildman–Crippen LogP) is 1.77. The molecule has 1 amide bonds. The summed E-state index contributed by atoms with van der Waals surface area (Å²) in [6.07, 6.45) is 10.1. The second kappa shape index (κ2) is 9.32. The molecular formula is C21H27N5O2. The van der Waals surface area contributed by atoms with Gasteiger partial charge >= 0.3 is 0 Å². The minimum absolute atomic E-state index is 0.00415. The van der Waals surface area contributed by atoms with Gasteiger partial charge in [-0.1, -0.05) is 6.08 Å². The topological polar surface area (TPSA) is 95.3 Å². The molecule has 0 saturated carbocycles. The third-order valence-electron chi connectivity index (χ3n) is 5.16. The maximum absolute atomic E-state index is 12.5. The number of carbonyl (C=O) groups is 1. The van der Waals surface area contributed by atoms with Gasteiger partial charge in [0.25, 0.3) is 5.56 Å². The third kappa shape index (κ3) is 4.48. The van der Waals surface area contributed by atoms with Gasteiger partial charge in [0, 0.05) is 62.5 Å². The molecule has 0 atom stereocenters. The summed E-state index contributed by atoms with van der Waals surface area (Å²) >= 11 is 0. The Labute approximate surface area is 164 Å². The number of aromatic nitrogens is 2. The number of likely N-dealkylation sites (tertiary alicyclic amines) is 1. The number of anilines is 1. The van der Waals surface area contributed by atoms with Crippen molar-refractivity contribution in [3.05, 3.63) is 59.3 Å². The molecule has 7 nitrogen and oxygen atoms in total. The summed E-state index contributed by atoms with van der Waals surface area (Å²) in [5.41, 5.74) is 7.96. The fourth-order valence-electron chi connectivity index (χ4n) is 3.69. The molecular weight excluding hydrogens is 354 g/mol. The Hall–Kier alpha value is -2.93. The van der Waals surface area contributed by atoms with Crippen LogP contribution in [0, 0.1) is 0 Å². The van der Waals surface area contributed by atoms with Crippen LogP contribution in [0.25, 0.3) is 11.1 Å². The van der Waals surface area contributed by atoms with Gasteiger partial charge in [0.15, 0.2) is 0 Å². The summed E-state index contributed by atoms with van der Waals surface area (Å²) in [4.78, 5) is 35.6. The van der Waals surface area contributed by atoms with Crippen molar-refractivity contribution in [2.45, 2.75) is 25.8 Å². The van der Waals surface area contributed by atoms with Crippen LogP contribution in [0.5, 0.6) is 0 Å². The van der Waals surface area contributed by atoms with Gasteiger partial charge in [0.2, 0.25) is 5.91 Å². The largest absolute Gasteiger partial charge is 0.364 e. The Morgan fingerprint density at radius 3 is 2.68 bits per heavy atom. The molecule has 2 aromatic heterocycles. The molecule has 0 spiro atoms. The molecule has 3 heterocycles. The van der Waals surface area contributed by atoms with Crippen molar-refractivity contribution >= 4 is 11.6 Å². The average molecular weight is 381 g/mol. The molecule has 0 aliphatic carbocycles. The number of hydrogen-bond acceptors (Lipinski definition) is 5. The van der Waals surface area contributed by atoms with Crippen LogP contribution in [-0.2, 0) is 4.79 Å². The number of nitrogens with one attached hydrogen (secondary N) is 1. The lowest BCUT2D eigenvalue weighted by atomic mass is 10.0. The van der Waals surface area contributed by atoms with Crippen LogP contribution in [0.15, 0.2) is 53.7 Å². The summed E-state index contributed by atoms with van der Waals surface area (Å²) < 4.78 is 0. The average Bonchev–Trinajstić information content (AvgIpc) is 2.75. The summed E-state index contributed by atoms with van der Waals surface area (Å²) in [6, 6.07) is 6.01. The zero-order valence-electron chi connectivity index (χ0n) is 16.2. The molecule has 1 aliphatic rings. The molecule has 1 saturated heterocycles. The molecule has 3 rings (SSSR count). The number of amides is 1. The Morgan fingerprint density at radius 2 is 2.04 bits per heavy atom. The van der Waals surface area contributed by atoms with Gasteiger partial charge in [-0.25, -0.2) is 0 Å². The first-order valence-electron chi connectivity index (χ1n) is 9.69.